The van der Waals surface area contributed by atoms with Gasteiger partial charge < -0.3 is 9.67 Å². The van der Waals surface area contributed by atoms with E-state index in [1.165, 1.54) is 11.8 Å². The highest BCUT2D eigenvalue weighted by molar-refractivity contribution is 8.18. The smallest absolute Gasteiger partial charge is 0.122 e. The van der Waals surface area contributed by atoms with Gasteiger partial charge in [0.1, 0.15) is 10.2 Å². The van der Waals surface area contributed by atoms with E-state index < -0.39 is 10.2 Å². The Balaban J connectivity index is 1.84. The molecule has 3 heterocycles. The number of hydrogen-bond donors (Lipinski definition) is 1. The summed E-state index contributed by atoms with van der Waals surface area (Å²) in [6.07, 6.45) is 4.28. The van der Waals surface area contributed by atoms with Crippen LogP contribution in [-0.4, -0.2) is 26.2 Å². The van der Waals surface area contributed by atoms with E-state index in [1.807, 2.05) is 55.0 Å². The van der Waals surface area contributed by atoms with Crippen LogP contribution in [0.3, 0.4) is 0 Å². The van der Waals surface area contributed by atoms with Crippen molar-refractivity contribution in [2.45, 2.75) is 16.6 Å². The van der Waals surface area contributed by atoms with Crippen LogP contribution in [0.5, 0.6) is 0 Å². The second-order valence-electron chi connectivity index (χ2n) is 6.05. The van der Waals surface area contributed by atoms with Gasteiger partial charge in [-0.1, -0.05) is 24.3 Å². The van der Waals surface area contributed by atoms with Crippen molar-refractivity contribution in [2.24, 2.45) is 7.05 Å². The molecule has 0 unspecified atom stereocenters. The van der Waals surface area contributed by atoms with Gasteiger partial charge in [0.2, 0.25) is 0 Å². The Kier molecular flexibility index (Phi) is 4.33. The molecule has 1 aliphatic rings. The summed E-state index contributed by atoms with van der Waals surface area (Å²) in [5.41, 5.74) is 3.21. The van der Waals surface area contributed by atoms with E-state index >= 15 is 0 Å². The highest BCUT2D eigenvalue weighted by atomic mass is 32.2. The van der Waals surface area contributed by atoms with Gasteiger partial charge in [0.25, 0.3) is 0 Å². The van der Waals surface area contributed by atoms with Crippen molar-refractivity contribution in [1.82, 2.24) is 9.55 Å². The maximum atomic E-state index is 11.4. The van der Waals surface area contributed by atoms with Gasteiger partial charge in [0.15, 0.2) is 0 Å². The molecular formula is C19H20N2OS2. The fourth-order valence-electron chi connectivity index (χ4n) is 3.37. The molecule has 3 aromatic rings. The number of hydrogen-bond acceptors (Lipinski definition) is 4. The van der Waals surface area contributed by atoms with E-state index in [-0.39, 0.29) is 0 Å². The van der Waals surface area contributed by atoms with Gasteiger partial charge in [-0.3, -0.25) is 4.98 Å². The summed E-state index contributed by atoms with van der Waals surface area (Å²) in [5.74, 6) is 2.12. The summed E-state index contributed by atoms with van der Waals surface area (Å²) in [4.78, 5) is 4.30. The number of nitrogens with zero attached hydrogens (tertiary/aromatic N) is 2. The van der Waals surface area contributed by atoms with Crippen molar-refractivity contribution in [3.63, 3.8) is 0 Å². The Morgan fingerprint density at radius 1 is 1.17 bits per heavy atom. The molecule has 3 nitrogen and oxygen atoms in total. The van der Waals surface area contributed by atoms with E-state index in [4.69, 9.17) is 0 Å². The third kappa shape index (κ3) is 2.55. The van der Waals surface area contributed by atoms with Crippen LogP contribution in [0.2, 0.25) is 0 Å². The first-order chi connectivity index (χ1) is 11.7. The Morgan fingerprint density at radius 2 is 1.96 bits per heavy atom. The van der Waals surface area contributed by atoms with Crippen molar-refractivity contribution < 1.29 is 5.11 Å². The second kappa shape index (κ2) is 6.47. The van der Waals surface area contributed by atoms with Gasteiger partial charge in [-0.2, -0.15) is 0 Å². The van der Waals surface area contributed by atoms with Crippen LogP contribution in [-0.2, 0) is 11.1 Å². The monoisotopic (exact) mass is 356 g/mol. The third-order valence-corrected chi connectivity index (χ3v) is 8.08. The number of fused-ring (bicyclic) bond motifs is 1. The molecule has 0 saturated carbocycles. The largest absolute Gasteiger partial charge is 0.384 e. The molecule has 124 valence electrons. The molecule has 24 heavy (non-hydrogen) atoms. The summed E-state index contributed by atoms with van der Waals surface area (Å²) in [5, 5.41) is 12.6. The number of rotatable bonds is 3. The standard InChI is InChI=1S/C19H20N2OS2/c1-21-16-8-3-2-6-14(16)12-17(21)18(22)19(23-10-5-11-24-19)15-7-4-9-20-13-15/h2-4,6-9,12-13,18,22H,5,10-11H2,1H3/t18-/m1/s1. The molecule has 1 N–H and O–H groups in total. The first-order valence-corrected chi connectivity index (χ1v) is 10.1. The van der Waals surface area contributed by atoms with E-state index in [1.54, 1.807) is 6.20 Å². The van der Waals surface area contributed by atoms with Crippen LogP contribution in [0.1, 0.15) is 23.8 Å². The van der Waals surface area contributed by atoms with E-state index in [0.29, 0.717) is 0 Å². The minimum atomic E-state index is -0.589. The molecule has 0 aliphatic carbocycles. The Labute approximate surface area is 150 Å². The molecular weight excluding hydrogens is 336 g/mol. The van der Waals surface area contributed by atoms with E-state index in [2.05, 4.69) is 33.8 Å². The number of aromatic nitrogens is 2. The molecule has 0 bridgehead atoms. The van der Waals surface area contributed by atoms with Crippen LogP contribution in [0.15, 0.2) is 54.9 Å². The maximum absolute atomic E-state index is 11.4. The van der Waals surface area contributed by atoms with Crippen molar-refractivity contribution in [1.29, 1.82) is 0 Å². The fraction of sp³-hybridized carbons (Fsp3) is 0.316. The average molecular weight is 357 g/mol. The van der Waals surface area contributed by atoms with Crippen molar-refractivity contribution in [3.05, 3.63) is 66.1 Å². The molecule has 4 rings (SSSR count). The summed E-state index contributed by atoms with van der Waals surface area (Å²) >= 11 is 3.69. The molecule has 1 aromatic carbocycles. The van der Waals surface area contributed by atoms with Gasteiger partial charge in [0.05, 0.1) is 0 Å². The number of pyridine rings is 1. The van der Waals surface area contributed by atoms with Gasteiger partial charge in [-0.05, 0) is 47.1 Å². The lowest BCUT2D eigenvalue weighted by atomic mass is 10.1. The van der Waals surface area contributed by atoms with E-state index in [0.717, 1.165) is 28.3 Å². The maximum Gasteiger partial charge on any atom is 0.122 e. The molecule has 1 atom stereocenters. The van der Waals surface area contributed by atoms with Crippen LogP contribution in [0, 0.1) is 0 Å². The van der Waals surface area contributed by atoms with Gasteiger partial charge in [0, 0.05) is 30.7 Å². The number of aliphatic hydroxyl groups is 1. The van der Waals surface area contributed by atoms with Gasteiger partial charge in [-0.15, -0.1) is 23.5 Å². The molecule has 1 saturated heterocycles. The van der Waals surface area contributed by atoms with Crippen LogP contribution in [0.25, 0.3) is 10.9 Å². The predicted molar refractivity (Wildman–Crippen MR) is 103 cm³/mol. The summed E-state index contributed by atoms with van der Waals surface area (Å²) in [6, 6.07) is 14.4. The lowest BCUT2D eigenvalue weighted by molar-refractivity contribution is 0.155. The number of aryl methyl sites for hydroxylation is 1. The minimum absolute atomic E-state index is 0.394. The van der Waals surface area contributed by atoms with Crippen molar-refractivity contribution in [3.8, 4) is 0 Å². The minimum Gasteiger partial charge on any atom is -0.384 e. The van der Waals surface area contributed by atoms with Crippen LogP contribution in [0.4, 0.5) is 0 Å². The number of thioether (sulfide) groups is 2. The van der Waals surface area contributed by atoms with Gasteiger partial charge in [-0.25, -0.2) is 0 Å². The third-order valence-electron chi connectivity index (χ3n) is 4.61. The zero-order chi connectivity index (χ0) is 16.6. The number of aliphatic hydroxyl groups excluding tert-OH is 1. The topological polar surface area (TPSA) is 38.0 Å². The molecule has 2 aromatic heterocycles. The Hall–Kier alpha value is -1.43. The van der Waals surface area contributed by atoms with Crippen LogP contribution < -0.4 is 0 Å². The molecule has 0 radical (unpaired) electrons. The molecule has 1 fully saturated rings. The molecule has 1 aliphatic heterocycles. The van der Waals surface area contributed by atoms with Crippen molar-refractivity contribution in [2.75, 3.05) is 11.5 Å². The fourth-order valence-corrected chi connectivity index (χ4v) is 6.70. The predicted octanol–water partition coefficient (Wildman–Crippen LogP) is 4.33. The Morgan fingerprint density at radius 3 is 2.67 bits per heavy atom. The zero-order valence-electron chi connectivity index (χ0n) is 13.6. The first-order valence-electron chi connectivity index (χ1n) is 8.13. The normalized spacial score (nSPS) is 18.6. The highest BCUT2D eigenvalue weighted by Gasteiger charge is 2.44. The SMILES string of the molecule is Cn1c([C@@H](O)C2(c3cccnc3)SCCCS2)cc2ccccc21. The first kappa shape index (κ1) is 16.1. The summed E-state index contributed by atoms with van der Waals surface area (Å²) in [7, 11) is 2.04. The Bertz CT molecular complexity index is 841. The van der Waals surface area contributed by atoms with Gasteiger partial charge >= 0.3 is 0 Å². The summed E-state index contributed by atoms with van der Waals surface area (Å²) < 4.78 is 1.72. The number of para-hydroxylation sites is 1. The molecule has 0 amide bonds. The zero-order valence-corrected chi connectivity index (χ0v) is 15.2. The number of benzene rings is 1. The second-order valence-corrected chi connectivity index (χ2v) is 8.99. The van der Waals surface area contributed by atoms with Crippen molar-refractivity contribution >= 4 is 34.4 Å². The van der Waals surface area contributed by atoms with Crippen LogP contribution >= 0.6 is 23.5 Å². The molecule has 5 heteroatoms. The lowest BCUT2D eigenvalue weighted by Crippen LogP contribution is -2.31. The molecule has 0 spiro atoms. The summed E-state index contributed by atoms with van der Waals surface area (Å²) in [6.45, 7) is 0. The average Bonchev–Trinajstić information content (AvgIpc) is 2.99. The lowest BCUT2D eigenvalue weighted by Gasteiger charge is -2.40. The quantitative estimate of drug-likeness (QED) is 0.758. The van der Waals surface area contributed by atoms with E-state index in [9.17, 15) is 5.11 Å². The highest BCUT2D eigenvalue weighted by Crippen LogP contribution is 2.57.